The molecule has 0 N–H and O–H groups in total. The zero-order chi connectivity index (χ0) is 7.82. The molecule has 0 aromatic carbocycles. The Balaban J connectivity index is 3.20. The summed E-state index contributed by atoms with van der Waals surface area (Å²) in [6.45, 7) is 5.05. The van der Waals surface area contributed by atoms with Gasteiger partial charge < -0.3 is 4.79 Å². The maximum absolute atomic E-state index is 10.4. The number of hydrogen-bond acceptors (Lipinski definition) is 1. The second-order valence-corrected chi connectivity index (χ2v) is 2.08. The topological polar surface area (TPSA) is 17.1 Å². The van der Waals surface area contributed by atoms with E-state index in [0.717, 1.165) is 12.8 Å². The van der Waals surface area contributed by atoms with Crippen molar-refractivity contribution in [3.63, 3.8) is 0 Å². The highest BCUT2D eigenvalue weighted by Crippen LogP contribution is 1.93. The second kappa shape index (κ2) is 6.10. The molecule has 0 aliphatic heterocycles. The first-order chi connectivity index (χ1) is 4.77. The van der Waals surface area contributed by atoms with Crippen molar-refractivity contribution in [2.75, 3.05) is 0 Å². The Labute approximate surface area is 62.1 Å². The monoisotopic (exact) mass is 136 g/mol. The molecule has 0 rings (SSSR count). The highest BCUT2D eigenvalue weighted by molar-refractivity contribution is 5.75. The van der Waals surface area contributed by atoms with E-state index >= 15 is 0 Å². The summed E-state index contributed by atoms with van der Waals surface area (Å²) >= 11 is 0. The summed E-state index contributed by atoms with van der Waals surface area (Å²) in [4.78, 5) is 10.4. The maximum Gasteiger partial charge on any atom is 0.129 e. The molecule has 0 aliphatic carbocycles. The SMILES string of the molecule is C=CC#CCCCC(C)=O. The Bertz CT molecular complexity index is 169. The van der Waals surface area contributed by atoms with Crippen LogP contribution in [0.4, 0.5) is 0 Å². The molecule has 0 unspecified atom stereocenters. The fourth-order valence-corrected chi connectivity index (χ4v) is 0.570. The Hall–Kier alpha value is -1.03. The molecule has 0 fully saturated rings. The van der Waals surface area contributed by atoms with Crippen LogP contribution in [0.25, 0.3) is 0 Å². The summed E-state index contributed by atoms with van der Waals surface area (Å²) in [6, 6.07) is 0. The highest BCUT2D eigenvalue weighted by atomic mass is 16.1. The number of Topliss-reactive ketones (excluding diaryl/α,β-unsaturated/α-hetero) is 1. The minimum atomic E-state index is 0.236. The van der Waals surface area contributed by atoms with E-state index in [1.165, 1.54) is 0 Å². The van der Waals surface area contributed by atoms with Gasteiger partial charge in [-0.3, -0.25) is 0 Å². The largest absolute Gasteiger partial charge is 0.300 e. The quantitative estimate of drug-likeness (QED) is 0.428. The number of carbonyl (C=O) groups excluding carboxylic acids is 1. The predicted molar refractivity (Wildman–Crippen MR) is 42.5 cm³/mol. The molecule has 10 heavy (non-hydrogen) atoms. The fraction of sp³-hybridized carbons (Fsp3) is 0.444. The number of unbranched alkanes of at least 4 members (excludes halogenated alkanes) is 1. The Morgan fingerprint density at radius 2 is 2.40 bits per heavy atom. The van der Waals surface area contributed by atoms with Crippen LogP contribution in [0.1, 0.15) is 26.2 Å². The Morgan fingerprint density at radius 1 is 1.70 bits per heavy atom. The molecular weight excluding hydrogens is 124 g/mol. The van der Waals surface area contributed by atoms with Crippen molar-refractivity contribution in [3.8, 4) is 11.8 Å². The number of allylic oxidation sites excluding steroid dienone is 1. The van der Waals surface area contributed by atoms with E-state index in [4.69, 9.17) is 0 Å². The Kier molecular flexibility index (Phi) is 5.47. The van der Waals surface area contributed by atoms with Gasteiger partial charge in [-0.2, -0.15) is 0 Å². The van der Waals surface area contributed by atoms with E-state index in [0.29, 0.717) is 6.42 Å². The molecular formula is C9H12O. The summed E-state index contributed by atoms with van der Waals surface area (Å²) in [5.74, 6) is 5.83. The van der Waals surface area contributed by atoms with E-state index in [9.17, 15) is 4.79 Å². The predicted octanol–water partition coefficient (Wildman–Crippen LogP) is 1.94. The molecule has 0 radical (unpaired) electrons. The lowest BCUT2D eigenvalue weighted by Crippen LogP contribution is -1.87. The van der Waals surface area contributed by atoms with Gasteiger partial charge in [-0.15, -0.1) is 0 Å². The lowest BCUT2D eigenvalue weighted by atomic mass is 10.2. The van der Waals surface area contributed by atoms with Gasteiger partial charge in [0.05, 0.1) is 0 Å². The molecule has 0 aromatic rings. The van der Waals surface area contributed by atoms with Crippen molar-refractivity contribution < 1.29 is 4.79 Å². The molecule has 0 spiro atoms. The summed E-state index contributed by atoms with van der Waals surface area (Å²) in [6.07, 6.45) is 3.88. The van der Waals surface area contributed by atoms with Crippen LogP contribution in [0.5, 0.6) is 0 Å². The first-order valence-electron chi connectivity index (χ1n) is 3.36. The van der Waals surface area contributed by atoms with Gasteiger partial charge in [-0.05, 0) is 19.4 Å². The van der Waals surface area contributed by atoms with Crippen LogP contribution in [0.15, 0.2) is 12.7 Å². The zero-order valence-corrected chi connectivity index (χ0v) is 6.31. The fourth-order valence-electron chi connectivity index (χ4n) is 0.570. The van der Waals surface area contributed by atoms with Crippen molar-refractivity contribution >= 4 is 5.78 Å². The molecule has 1 nitrogen and oxygen atoms in total. The minimum absolute atomic E-state index is 0.236. The average Bonchev–Trinajstić information content (AvgIpc) is 1.87. The molecule has 0 saturated heterocycles. The van der Waals surface area contributed by atoms with Gasteiger partial charge in [0.25, 0.3) is 0 Å². The molecule has 1 heteroatoms. The third-order valence-electron chi connectivity index (χ3n) is 1.03. The summed E-state index contributed by atoms with van der Waals surface area (Å²) in [7, 11) is 0. The van der Waals surface area contributed by atoms with Gasteiger partial charge in [0.15, 0.2) is 0 Å². The summed E-state index contributed by atoms with van der Waals surface area (Å²) in [5, 5.41) is 0. The molecule has 0 amide bonds. The molecule has 0 heterocycles. The van der Waals surface area contributed by atoms with E-state index in [-0.39, 0.29) is 5.78 Å². The standard InChI is InChI=1S/C9H12O/c1-3-4-5-6-7-8-9(2)10/h3H,1,6-8H2,2H3. The molecule has 0 aliphatic rings. The van der Waals surface area contributed by atoms with Crippen LogP contribution < -0.4 is 0 Å². The summed E-state index contributed by atoms with van der Waals surface area (Å²) < 4.78 is 0. The number of ketones is 1. The minimum Gasteiger partial charge on any atom is -0.300 e. The molecule has 0 saturated carbocycles. The van der Waals surface area contributed by atoms with Crippen LogP contribution in [-0.2, 0) is 4.79 Å². The lowest BCUT2D eigenvalue weighted by molar-refractivity contribution is -0.117. The highest BCUT2D eigenvalue weighted by Gasteiger charge is 1.89. The molecule has 0 atom stereocenters. The smallest absolute Gasteiger partial charge is 0.129 e. The van der Waals surface area contributed by atoms with Gasteiger partial charge in [0.2, 0.25) is 0 Å². The maximum atomic E-state index is 10.4. The van der Waals surface area contributed by atoms with Crippen LogP contribution in [0.2, 0.25) is 0 Å². The average molecular weight is 136 g/mol. The molecule has 0 bridgehead atoms. The normalized spacial score (nSPS) is 7.70. The summed E-state index contributed by atoms with van der Waals surface area (Å²) in [5.41, 5.74) is 0. The Morgan fingerprint density at radius 3 is 2.90 bits per heavy atom. The van der Waals surface area contributed by atoms with E-state index < -0.39 is 0 Å². The van der Waals surface area contributed by atoms with Gasteiger partial charge in [0, 0.05) is 12.8 Å². The van der Waals surface area contributed by atoms with Crippen molar-refractivity contribution in [2.24, 2.45) is 0 Å². The van der Waals surface area contributed by atoms with Crippen molar-refractivity contribution in [3.05, 3.63) is 12.7 Å². The number of rotatable bonds is 3. The van der Waals surface area contributed by atoms with Crippen molar-refractivity contribution in [2.45, 2.75) is 26.2 Å². The van der Waals surface area contributed by atoms with Crippen molar-refractivity contribution in [1.82, 2.24) is 0 Å². The van der Waals surface area contributed by atoms with E-state index in [1.807, 2.05) is 0 Å². The van der Waals surface area contributed by atoms with Gasteiger partial charge in [-0.1, -0.05) is 18.4 Å². The van der Waals surface area contributed by atoms with Gasteiger partial charge >= 0.3 is 0 Å². The lowest BCUT2D eigenvalue weighted by Gasteiger charge is -1.87. The van der Waals surface area contributed by atoms with Crippen molar-refractivity contribution in [1.29, 1.82) is 0 Å². The first kappa shape index (κ1) is 8.97. The number of hydrogen-bond donors (Lipinski definition) is 0. The van der Waals surface area contributed by atoms with Crippen LogP contribution in [0, 0.1) is 11.8 Å². The van der Waals surface area contributed by atoms with E-state index in [1.54, 1.807) is 13.0 Å². The van der Waals surface area contributed by atoms with E-state index in [2.05, 4.69) is 18.4 Å². The van der Waals surface area contributed by atoms with Crippen LogP contribution in [-0.4, -0.2) is 5.78 Å². The van der Waals surface area contributed by atoms with Gasteiger partial charge in [0.1, 0.15) is 5.78 Å². The zero-order valence-electron chi connectivity index (χ0n) is 6.31. The second-order valence-electron chi connectivity index (χ2n) is 2.08. The number of carbonyl (C=O) groups is 1. The molecule has 54 valence electrons. The van der Waals surface area contributed by atoms with Crippen LogP contribution in [0.3, 0.4) is 0 Å². The molecule has 0 aromatic heterocycles. The van der Waals surface area contributed by atoms with Crippen LogP contribution >= 0.6 is 0 Å². The van der Waals surface area contributed by atoms with Gasteiger partial charge in [-0.25, -0.2) is 0 Å². The third kappa shape index (κ3) is 6.97. The third-order valence-corrected chi connectivity index (χ3v) is 1.03. The first-order valence-corrected chi connectivity index (χ1v) is 3.36.